The van der Waals surface area contributed by atoms with Crippen molar-refractivity contribution in [2.24, 2.45) is 0 Å². The van der Waals surface area contributed by atoms with E-state index in [1.54, 1.807) is 37.6 Å². The smallest absolute Gasteiger partial charge is 0.254 e. The van der Waals surface area contributed by atoms with Gasteiger partial charge in [-0.1, -0.05) is 12.1 Å². The van der Waals surface area contributed by atoms with Gasteiger partial charge in [0, 0.05) is 56.3 Å². The molecule has 2 aromatic carbocycles. The molecule has 4 bridgehead atoms. The zero-order valence-corrected chi connectivity index (χ0v) is 22.7. The Balaban J connectivity index is 1.40. The fourth-order valence-electron chi connectivity index (χ4n) is 4.99. The van der Waals surface area contributed by atoms with Crippen LogP contribution in [0.3, 0.4) is 0 Å². The number of likely N-dealkylation sites (N-methyl/N-ethyl adjacent to an activating group) is 1. The quantitative estimate of drug-likeness (QED) is 0.507. The van der Waals surface area contributed by atoms with Gasteiger partial charge in [0.05, 0.1) is 31.9 Å². The summed E-state index contributed by atoms with van der Waals surface area (Å²) in [4.78, 5) is 38.3. The van der Waals surface area contributed by atoms with E-state index in [9.17, 15) is 9.59 Å². The molecule has 0 saturated carbocycles. The number of nitrogens with one attached hydrogen (secondary N) is 1. The zero-order valence-electron chi connectivity index (χ0n) is 22.7. The molecule has 3 aromatic rings. The zero-order chi connectivity index (χ0) is 28.1. The molecule has 1 aromatic heterocycles. The van der Waals surface area contributed by atoms with Gasteiger partial charge in [0.25, 0.3) is 5.91 Å². The first kappa shape index (κ1) is 27.4. The summed E-state index contributed by atoms with van der Waals surface area (Å²) in [6.07, 6.45) is 3.94. The SMILES string of the molecule is CCOc1cc2cc(c1)C(=O)N(C)CC(=O)N[C@@H]1CN(Cc3cnc(N)nc3)CC[C@@H]1OCc1cccc(c1)O2. The predicted octanol–water partition coefficient (Wildman–Crippen LogP) is 2.61. The number of ether oxygens (including phenoxy) is 3. The number of nitrogens with two attached hydrogens (primary N) is 1. The van der Waals surface area contributed by atoms with E-state index in [1.807, 2.05) is 31.2 Å². The Morgan fingerprint density at radius 1 is 1.12 bits per heavy atom. The number of carbonyl (C=O) groups excluding carboxylic acids is 2. The molecule has 40 heavy (non-hydrogen) atoms. The minimum Gasteiger partial charge on any atom is -0.494 e. The van der Waals surface area contributed by atoms with E-state index in [4.69, 9.17) is 19.9 Å². The molecule has 2 amide bonds. The van der Waals surface area contributed by atoms with Gasteiger partial charge in [-0.3, -0.25) is 14.5 Å². The van der Waals surface area contributed by atoms with E-state index >= 15 is 0 Å². The van der Waals surface area contributed by atoms with E-state index in [2.05, 4.69) is 20.2 Å². The Labute approximate surface area is 233 Å². The van der Waals surface area contributed by atoms with Crippen molar-refractivity contribution in [3.05, 3.63) is 71.5 Å². The standard InChI is InChI=1S/C29H34N6O5/c1-3-38-23-10-21-11-24(12-23)40-22-6-4-5-19(9-22)18-39-26-7-8-35(15-20-13-31-29(30)32-14-20)16-25(26)33-27(36)17-34(2)28(21)37/h4-6,9-14,25-26H,3,7-8,15-18H2,1-2H3,(H,33,36)(H2,30,31,32)/t25-,26+/m1/s1. The molecule has 210 valence electrons. The van der Waals surface area contributed by atoms with Crippen molar-refractivity contribution in [3.8, 4) is 17.2 Å². The minimum absolute atomic E-state index is 0.109. The fourth-order valence-corrected chi connectivity index (χ4v) is 4.99. The van der Waals surface area contributed by atoms with E-state index in [-0.39, 0.29) is 36.5 Å². The molecule has 0 spiro atoms. The van der Waals surface area contributed by atoms with Crippen LogP contribution in [0.2, 0.25) is 0 Å². The lowest BCUT2D eigenvalue weighted by Crippen LogP contribution is -2.57. The van der Waals surface area contributed by atoms with Crippen molar-refractivity contribution >= 4 is 17.8 Å². The number of fused-ring (bicyclic) bond motifs is 5. The average molecular weight is 547 g/mol. The third kappa shape index (κ3) is 6.85. The Kier molecular flexibility index (Phi) is 8.42. The number of nitrogens with zero attached hydrogens (tertiary/aromatic N) is 4. The Morgan fingerprint density at radius 3 is 2.75 bits per heavy atom. The second-order valence-corrected chi connectivity index (χ2v) is 10.0. The summed E-state index contributed by atoms with van der Waals surface area (Å²) in [6.45, 7) is 4.53. The van der Waals surface area contributed by atoms with Gasteiger partial charge in [-0.25, -0.2) is 9.97 Å². The predicted molar refractivity (Wildman–Crippen MR) is 148 cm³/mol. The minimum atomic E-state index is -0.316. The number of likely N-dealkylation sites (tertiary alicyclic amines) is 1. The summed E-state index contributed by atoms with van der Waals surface area (Å²) >= 11 is 0. The van der Waals surface area contributed by atoms with Gasteiger partial charge in [-0.15, -0.1) is 0 Å². The summed E-state index contributed by atoms with van der Waals surface area (Å²) in [5.74, 6) is 1.26. The first-order chi connectivity index (χ1) is 19.4. The van der Waals surface area contributed by atoms with Crippen LogP contribution in [0.15, 0.2) is 54.9 Å². The normalized spacial score (nSPS) is 20.3. The molecular weight excluding hydrogens is 512 g/mol. The summed E-state index contributed by atoms with van der Waals surface area (Å²) in [6, 6.07) is 12.4. The Morgan fingerprint density at radius 2 is 1.95 bits per heavy atom. The van der Waals surface area contributed by atoms with Gasteiger partial charge in [-0.05, 0) is 43.2 Å². The van der Waals surface area contributed by atoms with Crippen molar-refractivity contribution in [2.75, 3.05) is 39.0 Å². The van der Waals surface area contributed by atoms with Gasteiger partial charge in [0.1, 0.15) is 17.2 Å². The van der Waals surface area contributed by atoms with Crippen molar-refractivity contribution in [1.29, 1.82) is 0 Å². The molecule has 2 atom stereocenters. The number of carbonyl (C=O) groups is 2. The van der Waals surface area contributed by atoms with Crippen molar-refractivity contribution in [3.63, 3.8) is 0 Å². The number of anilines is 1. The number of hydrogen-bond acceptors (Lipinski definition) is 9. The van der Waals surface area contributed by atoms with E-state index < -0.39 is 0 Å². The average Bonchev–Trinajstić information content (AvgIpc) is 2.93. The molecular formula is C29H34N6O5. The number of benzene rings is 2. The number of aromatic nitrogens is 2. The highest BCUT2D eigenvalue weighted by atomic mass is 16.5. The van der Waals surface area contributed by atoms with Crippen molar-refractivity contribution < 1.29 is 23.8 Å². The Hall–Kier alpha value is -4.22. The van der Waals surface area contributed by atoms with Crippen LogP contribution < -0.4 is 20.5 Å². The summed E-state index contributed by atoms with van der Waals surface area (Å²) in [7, 11) is 1.60. The van der Waals surface area contributed by atoms with Crippen LogP contribution in [0.4, 0.5) is 5.95 Å². The summed E-state index contributed by atoms with van der Waals surface area (Å²) in [5.41, 5.74) is 7.87. The molecule has 3 heterocycles. The van der Waals surface area contributed by atoms with Crippen LogP contribution in [0, 0.1) is 0 Å². The van der Waals surface area contributed by atoms with Gasteiger partial charge in [0.2, 0.25) is 11.9 Å². The van der Waals surface area contributed by atoms with Gasteiger partial charge < -0.3 is 30.2 Å². The molecule has 1 fully saturated rings. The van der Waals surface area contributed by atoms with E-state index in [0.717, 1.165) is 24.1 Å². The van der Waals surface area contributed by atoms with E-state index in [0.29, 0.717) is 49.1 Å². The molecule has 11 nitrogen and oxygen atoms in total. The second-order valence-electron chi connectivity index (χ2n) is 10.0. The number of hydrogen-bond donors (Lipinski definition) is 2. The molecule has 11 heteroatoms. The van der Waals surface area contributed by atoms with Gasteiger partial charge in [0.15, 0.2) is 0 Å². The van der Waals surface area contributed by atoms with Crippen LogP contribution in [0.25, 0.3) is 0 Å². The number of nitrogen functional groups attached to an aromatic ring is 1. The lowest BCUT2D eigenvalue weighted by Gasteiger charge is -2.39. The molecule has 0 radical (unpaired) electrons. The number of rotatable bonds is 4. The maximum atomic E-state index is 13.3. The third-order valence-corrected chi connectivity index (χ3v) is 6.88. The number of amides is 2. The number of piperidine rings is 1. The van der Waals surface area contributed by atoms with Crippen molar-refractivity contribution in [1.82, 2.24) is 25.1 Å². The Bertz CT molecular complexity index is 1350. The fraction of sp³-hybridized carbons (Fsp3) is 0.379. The van der Waals surface area contributed by atoms with Crippen LogP contribution in [0.5, 0.6) is 17.2 Å². The molecule has 2 aliphatic rings. The highest BCUT2D eigenvalue weighted by molar-refractivity contribution is 5.97. The maximum absolute atomic E-state index is 13.3. The van der Waals surface area contributed by atoms with Crippen molar-refractivity contribution in [2.45, 2.75) is 38.6 Å². The molecule has 0 unspecified atom stereocenters. The highest BCUT2D eigenvalue weighted by Crippen LogP contribution is 2.29. The first-order valence-electron chi connectivity index (χ1n) is 13.4. The monoisotopic (exact) mass is 546 g/mol. The maximum Gasteiger partial charge on any atom is 0.254 e. The molecule has 0 aliphatic carbocycles. The third-order valence-electron chi connectivity index (χ3n) is 6.88. The van der Waals surface area contributed by atoms with E-state index in [1.165, 1.54) is 4.90 Å². The molecule has 2 aliphatic heterocycles. The van der Waals surface area contributed by atoms with Crippen LogP contribution in [0.1, 0.15) is 34.8 Å². The topological polar surface area (TPSA) is 132 Å². The molecule has 5 rings (SSSR count). The van der Waals surface area contributed by atoms with Gasteiger partial charge in [-0.2, -0.15) is 0 Å². The van der Waals surface area contributed by atoms with Crippen LogP contribution in [-0.4, -0.2) is 77.0 Å². The molecule has 3 N–H and O–H groups in total. The summed E-state index contributed by atoms with van der Waals surface area (Å²) in [5, 5.41) is 3.12. The van der Waals surface area contributed by atoms with Gasteiger partial charge >= 0.3 is 0 Å². The van der Waals surface area contributed by atoms with Crippen LogP contribution in [-0.2, 0) is 22.7 Å². The molecule has 1 saturated heterocycles. The highest BCUT2D eigenvalue weighted by Gasteiger charge is 2.32. The summed E-state index contributed by atoms with van der Waals surface area (Å²) < 4.78 is 18.2. The second kappa shape index (κ2) is 12.3. The lowest BCUT2D eigenvalue weighted by atomic mass is 10.0. The van der Waals surface area contributed by atoms with Crippen LogP contribution >= 0.6 is 0 Å². The lowest BCUT2D eigenvalue weighted by molar-refractivity contribution is -0.125. The first-order valence-corrected chi connectivity index (χ1v) is 13.4. The largest absolute Gasteiger partial charge is 0.494 e.